The molecule has 2 unspecified atom stereocenters. The van der Waals surface area contributed by atoms with Crippen LogP contribution in [0.3, 0.4) is 0 Å². The number of hydrogen-bond acceptors (Lipinski definition) is 10. The molecule has 0 radical (unpaired) electrons. The molecule has 0 aliphatic carbocycles. The number of aromatic nitrogens is 6. The van der Waals surface area contributed by atoms with E-state index in [2.05, 4.69) is 154 Å². The second-order valence-electron chi connectivity index (χ2n) is 14.7. The molecule has 6 aromatic rings. The fraction of sp³-hybridized carbons (Fsp3) is 0.400. The third kappa shape index (κ3) is 8.94. The van der Waals surface area contributed by atoms with Crippen molar-refractivity contribution in [2.45, 2.75) is 12.1 Å². The SMILES string of the molecule is CN(C)CCN(CC(C(CN(C)C)N(CCN(C)C)c1ccc(-c2nc3ccncc3[nH]2)cc1)N(C)C)c1ccc(-c2nc3ccncc3[nH]2)cc1. The molecule has 0 aliphatic rings. The van der Waals surface area contributed by atoms with Gasteiger partial charge in [0.25, 0.3) is 0 Å². The standard InChI is InChI=1S/C40H54N12/c1-47(2)21-23-51(31-13-9-29(10-14-31)39-43-33-17-19-41-25-35(33)45-39)28-37(50(7)8)38(27-49(5)6)52(24-22-48(3)4)32-15-11-30(12-16-32)40-44-34-18-20-42-26-36(34)46-40/h9-20,25-26,37-38H,21-24,27-28H2,1-8H3,(H,43,45)(H,44,46). The molecule has 52 heavy (non-hydrogen) atoms. The molecule has 12 nitrogen and oxygen atoms in total. The molecule has 0 saturated carbocycles. The summed E-state index contributed by atoms with van der Waals surface area (Å²) in [4.78, 5) is 39.4. The van der Waals surface area contributed by atoms with Crippen molar-refractivity contribution in [2.75, 3.05) is 105 Å². The third-order valence-electron chi connectivity index (χ3n) is 9.62. The zero-order chi connectivity index (χ0) is 36.8. The summed E-state index contributed by atoms with van der Waals surface area (Å²) in [5.41, 5.74) is 8.23. The van der Waals surface area contributed by atoms with Gasteiger partial charge in [0, 0.05) is 80.2 Å². The number of anilines is 2. The van der Waals surface area contributed by atoms with E-state index >= 15 is 0 Å². The first-order valence-corrected chi connectivity index (χ1v) is 18.0. The highest BCUT2D eigenvalue weighted by Crippen LogP contribution is 2.28. The van der Waals surface area contributed by atoms with Crippen molar-refractivity contribution in [1.29, 1.82) is 0 Å². The van der Waals surface area contributed by atoms with Crippen LogP contribution in [0.15, 0.2) is 85.5 Å². The van der Waals surface area contributed by atoms with Crippen LogP contribution >= 0.6 is 0 Å². The first-order chi connectivity index (χ1) is 25.0. The van der Waals surface area contributed by atoms with Gasteiger partial charge >= 0.3 is 0 Å². The minimum absolute atomic E-state index is 0.193. The topological polar surface area (TPSA) is 103 Å². The maximum Gasteiger partial charge on any atom is 0.138 e. The van der Waals surface area contributed by atoms with Crippen molar-refractivity contribution in [2.24, 2.45) is 0 Å². The molecule has 0 spiro atoms. The Morgan fingerprint density at radius 2 is 1.02 bits per heavy atom. The summed E-state index contributed by atoms with van der Waals surface area (Å²) in [6.07, 6.45) is 7.21. The van der Waals surface area contributed by atoms with Gasteiger partial charge in [-0.25, -0.2) is 9.97 Å². The highest BCUT2D eigenvalue weighted by molar-refractivity contribution is 5.79. The Kier molecular flexibility index (Phi) is 11.8. The smallest absolute Gasteiger partial charge is 0.138 e. The fourth-order valence-corrected chi connectivity index (χ4v) is 6.73. The fourth-order valence-electron chi connectivity index (χ4n) is 6.73. The molecule has 4 heterocycles. The van der Waals surface area contributed by atoms with E-state index in [0.717, 1.165) is 84.1 Å². The molecular weight excluding hydrogens is 649 g/mol. The second kappa shape index (κ2) is 16.6. The number of aromatic amines is 2. The van der Waals surface area contributed by atoms with Crippen LogP contribution in [-0.2, 0) is 0 Å². The maximum atomic E-state index is 4.82. The third-order valence-corrected chi connectivity index (χ3v) is 9.62. The molecule has 0 amide bonds. The molecule has 12 heteroatoms. The Balaban J connectivity index is 1.31. The maximum absolute atomic E-state index is 4.82. The summed E-state index contributed by atoms with van der Waals surface area (Å²) in [6, 6.07) is 22.0. The van der Waals surface area contributed by atoms with Gasteiger partial charge in [0.15, 0.2) is 0 Å². The van der Waals surface area contributed by atoms with Crippen LogP contribution in [0.4, 0.5) is 11.4 Å². The van der Waals surface area contributed by atoms with Gasteiger partial charge in [-0.15, -0.1) is 0 Å². The van der Waals surface area contributed by atoms with Gasteiger partial charge in [-0.05, 0) is 117 Å². The van der Waals surface area contributed by atoms with Crippen molar-refractivity contribution in [3.8, 4) is 22.8 Å². The number of H-pyrrole nitrogens is 2. The van der Waals surface area contributed by atoms with Crippen LogP contribution in [-0.4, -0.2) is 157 Å². The molecule has 2 N–H and O–H groups in total. The zero-order valence-corrected chi connectivity index (χ0v) is 32.0. The highest BCUT2D eigenvalue weighted by atomic mass is 15.3. The molecule has 0 bridgehead atoms. The Hall–Kier alpha value is -4.88. The Labute approximate surface area is 308 Å². The van der Waals surface area contributed by atoms with E-state index in [-0.39, 0.29) is 12.1 Å². The van der Waals surface area contributed by atoms with Crippen LogP contribution in [0.2, 0.25) is 0 Å². The van der Waals surface area contributed by atoms with E-state index in [0.29, 0.717) is 0 Å². The predicted octanol–water partition coefficient (Wildman–Crippen LogP) is 4.86. The van der Waals surface area contributed by atoms with Gasteiger partial charge in [-0.1, -0.05) is 0 Å². The number of nitrogens with one attached hydrogen (secondary N) is 2. The van der Waals surface area contributed by atoms with Gasteiger partial charge in [0.1, 0.15) is 11.6 Å². The summed E-state index contributed by atoms with van der Waals surface area (Å²) in [6.45, 7) is 5.44. The van der Waals surface area contributed by atoms with E-state index in [1.54, 1.807) is 12.4 Å². The van der Waals surface area contributed by atoms with E-state index in [4.69, 9.17) is 9.97 Å². The number of hydrogen-bond donors (Lipinski definition) is 2. The minimum Gasteiger partial charge on any atom is -0.369 e. The van der Waals surface area contributed by atoms with E-state index in [9.17, 15) is 0 Å². The Morgan fingerprint density at radius 1 is 0.519 bits per heavy atom. The summed E-state index contributed by atoms with van der Waals surface area (Å²) in [7, 11) is 17.4. The van der Waals surface area contributed by atoms with E-state index < -0.39 is 0 Å². The highest BCUT2D eigenvalue weighted by Gasteiger charge is 2.32. The van der Waals surface area contributed by atoms with E-state index in [1.165, 1.54) is 11.4 Å². The largest absolute Gasteiger partial charge is 0.369 e. The van der Waals surface area contributed by atoms with Crippen molar-refractivity contribution in [1.82, 2.24) is 49.5 Å². The molecule has 0 aliphatic heterocycles. The number of imidazole rings is 2. The second-order valence-corrected chi connectivity index (χ2v) is 14.7. The summed E-state index contributed by atoms with van der Waals surface area (Å²) in [5.74, 6) is 1.71. The Morgan fingerprint density at radius 3 is 1.48 bits per heavy atom. The quantitative estimate of drug-likeness (QED) is 0.137. The first-order valence-electron chi connectivity index (χ1n) is 18.0. The first kappa shape index (κ1) is 36.9. The van der Waals surface area contributed by atoms with Gasteiger partial charge in [-0.2, -0.15) is 0 Å². The van der Waals surface area contributed by atoms with Crippen molar-refractivity contribution in [3.63, 3.8) is 0 Å². The number of nitrogens with zero attached hydrogens (tertiary/aromatic N) is 10. The van der Waals surface area contributed by atoms with Gasteiger partial charge < -0.3 is 39.4 Å². The molecule has 0 fully saturated rings. The Bertz CT molecular complexity index is 1930. The van der Waals surface area contributed by atoms with Crippen LogP contribution in [0, 0.1) is 0 Å². The molecule has 2 atom stereocenters. The minimum atomic E-state index is 0.193. The molecular formula is C40H54N12. The lowest BCUT2D eigenvalue weighted by Crippen LogP contribution is -2.59. The van der Waals surface area contributed by atoms with Gasteiger partial charge in [0.05, 0.1) is 40.5 Å². The van der Waals surface area contributed by atoms with Crippen LogP contribution in [0.25, 0.3) is 44.8 Å². The zero-order valence-electron chi connectivity index (χ0n) is 32.0. The van der Waals surface area contributed by atoms with Crippen LogP contribution in [0.1, 0.15) is 0 Å². The van der Waals surface area contributed by atoms with Crippen molar-refractivity contribution < 1.29 is 0 Å². The molecule has 274 valence electrons. The average Bonchev–Trinajstić information content (AvgIpc) is 3.76. The van der Waals surface area contributed by atoms with Crippen molar-refractivity contribution in [3.05, 3.63) is 85.5 Å². The average molecular weight is 703 g/mol. The summed E-state index contributed by atoms with van der Waals surface area (Å²) >= 11 is 0. The van der Waals surface area contributed by atoms with Gasteiger partial charge in [-0.3, -0.25) is 9.97 Å². The number of pyridine rings is 2. The molecule has 6 rings (SSSR count). The number of fused-ring (bicyclic) bond motifs is 2. The summed E-state index contributed by atoms with van der Waals surface area (Å²) in [5, 5.41) is 0. The van der Waals surface area contributed by atoms with Crippen molar-refractivity contribution >= 4 is 33.4 Å². The lowest BCUT2D eigenvalue weighted by molar-refractivity contribution is 0.212. The number of benzene rings is 2. The normalized spacial score (nSPS) is 13.2. The van der Waals surface area contributed by atoms with Gasteiger partial charge in [0.2, 0.25) is 0 Å². The number of rotatable bonds is 17. The lowest BCUT2D eigenvalue weighted by Gasteiger charge is -2.45. The van der Waals surface area contributed by atoms with E-state index in [1.807, 2.05) is 24.5 Å². The van der Waals surface area contributed by atoms with Crippen LogP contribution < -0.4 is 9.80 Å². The number of likely N-dealkylation sites (N-methyl/N-ethyl adjacent to an activating group) is 4. The lowest BCUT2D eigenvalue weighted by atomic mass is 10.0. The van der Waals surface area contributed by atoms with Crippen LogP contribution in [0.5, 0.6) is 0 Å². The predicted molar refractivity (Wildman–Crippen MR) is 215 cm³/mol. The summed E-state index contributed by atoms with van der Waals surface area (Å²) < 4.78 is 0. The monoisotopic (exact) mass is 702 g/mol. The molecule has 2 aromatic carbocycles. The molecule has 4 aromatic heterocycles. The molecule has 0 saturated heterocycles.